The molecule has 0 fully saturated rings. The molecule has 0 amide bonds. The summed E-state index contributed by atoms with van der Waals surface area (Å²) in [7, 11) is 0. The fourth-order valence-corrected chi connectivity index (χ4v) is 2.56. The van der Waals surface area contributed by atoms with Crippen molar-refractivity contribution in [1.29, 1.82) is 0 Å². The van der Waals surface area contributed by atoms with Gasteiger partial charge in [0.05, 0.1) is 10.2 Å². The van der Waals surface area contributed by atoms with Crippen molar-refractivity contribution in [2.75, 3.05) is 0 Å². The predicted octanol–water partition coefficient (Wildman–Crippen LogP) is 4.11. The van der Waals surface area contributed by atoms with Crippen LogP contribution in [0.5, 0.6) is 5.75 Å². The molecule has 0 bridgehead atoms. The van der Waals surface area contributed by atoms with Crippen molar-refractivity contribution in [2.24, 2.45) is 0 Å². The first-order valence-electron chi connectivity index (χ1n) is 4.96. The lowest BCUT2D eigenvalue weighted by Crippen LogP contribution is -1.73. The van der Waals surface area contributed by atoms with Gasteiger partial charge in [-0.2, -0.15) is 0 Å². The average Bonchev–Trinajstić information content (AvgIpc) is 2.73. The molecule has 3 rings (SSSR count). The summed E-state index contributed by atoms with van der Waals surface area (Å²) in [6.07, 6.45) is 0. The fraction of sp³-hybridized carbons (Fsp3) is 0. The van der Waals surface area contributed by atoms with Crippen LogP contribution in [0.25, 0.3) is 20.8 Å². The number of hydrogen-bond donors (Lipinski definition) is 0. The zero-order valence-corrected chi connectivity index (χ0v) is 9.20. The topological polar surface area (TPSA) is 32.8 Å². The van der Waals surface area contributed by atoms with Crippen LogP contribution in [0.3, 0.4) is 0 Å². The molecular formula is C13H8NOS. The van der Waals surface area contributed by atoms with Gasteiger partial charge in [0.15, 0.2) is 5.75 Å². The van der Waals surface area contributed by atoms with Gasteiger partial charge in [-0.25, -0.2) is 4.98 Å². The number of rotatable bonds is 1. The lowest BCUT2D eigenvalue weighted by atomic mass is 10.2. The molecule has 0 aliphatic carbocycles. The van der Waals surface area contributed by atoms with Gasteiger partial charge in [0.25, 0.3) is 0 Å². The van der Waals surface area contributed by atoms with Gasteiger partial charge in [0.1, 0.15) is 5.01 Å². The Hall–Kier alpha value is -1.87. The monoisotopic (exact) mass is 226 g/mol. The van der Waals surface area contributed by atoms with Crippen LogP contribution in [0.1, 0.15) is 0 Å². The number of nitrogens with zero attached hydrogens (tertiary/aromatic N) is 1. The Morgan fingerprint density at radius 3 is 2.44 bits per heavy atom. The Balaban J connectivity index is 2.15. The molecule has 2 nitrogen and oxygen atoms in total. The standard InChI is InChI=1S/C13H8NOS/c15-10-7-5-9(6-8-10)13-14-11-3-1-2-4-12(11)16-13/h1-8H. The molecule has 1 radical (unpaired) electrons. The Kier molecular flexibility index (Phi) is 2.11. The second-order valence-corrected chi connectivity index (χ2v) is 4.54. The van der Waals surface area contributed by atoms with E-state index in [9.17, 15) is 5.11 Å². The van der Waals surface area contributed by atoms with Gasteiger partial charge in [0, 0.05) is 5.56 Å². The largest absolute Gasteiger partial charge is 0.290 e. The number of thiazole rings is 1. The number of aromatic nitrogens is 1. The zero-order chi connectivity index (χ0) is 11.0. The van der Waals surface area contributed by atoms with Crippen LogP contribution in [0.4, 0.5) is 0 Å². The minimum Gasteiger partial charge on any atom is -0.290 e. The van der Waals surface area contributed by atoms with E-state index in [1.165, 1.54) is 4.70 Å². The van der Waals surface area contributed by atoms with Crippen molar-refractivity contribution in [1.82, 2.24) is 4.98 Å². The minimum atomic E-state index is 0.0323. The predicted molar refractivity (Wildman–Crippen MR) is 65.2 cm³/mol. The van der Waals surface area contributed by atoms with Crippen LogP contribution in [0, 0.1) is 0 Å². The first-order valence-corrected chi connectivity index (χ1v) is 5.77. The van der Waals surface area contributed by atoms with E-state index in [-0.39, 0.29) is 5.75 Å². The molecule has 77 valence electrons. The quantitative estimate of drug-likeness (QED) is 0.614. The van der Waals surface area contributed by atoms with Crippen LogP contribution >= 0.6 is 11.3 Å². The number of para-hydroxylation sites is 1. The van der Waals surface area contributed by atoms with Crippen LogP contribution < -0.4 is 0 Å². The van der Waals surface area contributed by atoms with Crippen LogP contribution in [-0.4, -0.2) is 4.98 Å². The molecule has 0 spiro atoms. The fourth-order valence-electron chi connectivity index (χ4n) is 1.59. The summed E-state index contributed by atoms with van der Waals surface area (Å²) in [5.74, 6) is 0.0323. The molecule has 0 N–H and O–H groups in total. The number of benzene rings is 2. The van der Waals surface area contributed by atoms with Gasteiger partial charge in [-0.15, -0.1) is 11.3 Å². The maximum atomic E-state index is 11.0. The molecule has 0 saturated heterocycles. The van der Waals surface area contributed by atoms with E-state index in [1.807, 2.05) is 30.3 Å². The third-order valence-corrected chi connectivity index (χ3v) is 3.48. The summed E-state index contributed by atoms with van der Waals surface area (Å²) < 4.78 is 1.17. The summed E-state index contributed by atoms with van der Waals surface area (Å²) >= 11 is 1.64. The number of hydrogen-bond acceptors (Lipinski definition) is 2. The molecular weight excluding hydrogens is 218 g/mol. The van der Waals surface area contributed by atoms with Gasteiger partial charge in [-0.3, -0.25) is 5.11 Å². The summed E-state index contributed by atoms with van der Waals surface area (Å²) in [6, 6.07) is 14.8. The molecule has 0 atom stereocenters. The third kappa shape index (κ3) is 1.55. The van der Waals surface area contributed by atoms with Crippen molar-refractivity contribution in [3.8, 4) is 16.3 Å². The van der Waals surface area contributed by atoms with E-state index in [1.54, 1.807) is 23.5 Å². The van der Waals surface area contributed by atoms with E-state index in [0.717, 1.165) is 16.1 Å². The van der Waals surface area contributed by atoms with E-state index < -0.39 is 0 Å². The Morgan fingerprint density at radius 1 is 0.938 bits per heavy atom. The van der Waals surface area contributed by atoms with Gasteiger partial charge in [-0.05, 0) is 36.4 Å². The molecule has 1 aromatic heterocycles. The highest BCUT2D eigenvalue weighted by Gasteiger charge is 2.05. The smallest absolute Gasteiger partial charge is 0.178 e. The lowest BCUT2D eigenvalue weighted by molar-refractivity contribution is 0.355. The maximum absolute atomic E-state index is 11.0. The molecule has 0 aliphatic heterocycles. The first kappa shape index (κ1) is 9.36. The van der Waals surface area contributed by atoms with Crippen molar-refractivity contribution in [3.05, 3.63) is 48.5 Å². The Morgan fingerprint density at radius 2 is 1.69 bits per heavy atom. The van der Waals surface area contributed by atoms with Gasteiger partial charge < -0.3 is 0 Å². The summed E-state index contributed by atoms with van der Waals surface area (Å²) in [6.45, 7) is 0. The summed E-state index contributed by atoms with van der Waals surface area (Å²) in [5, 5.41) is 12.0. The maximum Gasteiger partial charge on any atom is 0.178 e. The highest BCUT2D eigenvalue weighted by Crippen LogP contribution is 2.30. The summed E-state index contributed by atoms with van der Waals surface area (Å²) in [5.41, 5.74) is 2.01. The molecule has 0 unspecified atom stereocenters. The second kappa shape index (κ2) is 3.61. The van der Waals surface area contributed by atoms with E-state index in [0.29, 0.717) is 0 Å². The van der Waals surface area contributed by atoms with Gasteiger partial charge in [-0.1, -0.05) is 12.1 Å². The minimum absolute atomic E-state index is 0.0323. The van der Waals surface area contributed by atoms with Crippen LogP contribution in [-0.2, 0) is 5.11 Å². The van der Waals surface area contributed by atoms with Crippen molar-refractivity contribution in [3.63, 3.8) is 0 Å². The Bertz CT molecular complexity index is 595. The second-order valence-electron chi connectivity index (χ2n) is 3.51. The van der Waals surface area contributed by atoms with Crippen LogP contribution in [0.15, 0.2) is 48.5 Å². The highest BCUT2D eigenvalue weighted by molar-refractivity contribution is 7.21. The van der Waals surface area contributed by atoms with E-state index in [2.05, 4.69) is 11.1 Å². The molecule has 1 heterocycles. The first-order chi connectivity index (χ1) is 7.83. The zero-order valence-electron chi connectivity index (χ0n) is 8.38. The molecule has 3 aromatic rings. The van der Waals surface area contributed by atoms with Crippen molar-refractivity contribution < 1.29 is 5.11 Å². The molecule has 16 heavy (non-hydrogen) atoms. The van der Waals surface area contributed by atoms with Crippen molar-refractivity contribution >= 4 is 21.6 Å². The third-order valence-electron chi connectivity index (χ3n) is 2.40. The Labute approximate surface area is 96.8 Å². The number of fused-ring (bicyclic) bond motifs is 1. The lowest BCUT2D eigenvalue weighted by Gasteiger charge is -1.93. The summed E-state index contributed by atoms with van der Waals surface area (Å²) in [4.78, 5) is 4.53. The molecule has 0 saturated carbocycles. The average molecular weight is 226 g/mol. The SMILES string of the molecule is [O]c1ccc(-c2nc3ccccc3s2)cc1. The normalized spacial score (nSPS) is 10.8. The highest BCUT2D eigenvalue weighted by atomic mass is 32.1. The molecule has 3 heteroatoms. The van der Waals surface area contributed by atoms with Gasteiger partial charge >= 0.3 is 0 Å². The van der Waals surface area contributed by atoms with Crippen molar-refractivity contribution in [2.45, 2.75) is 0 Å². The molecule has 2 aromatic carbocycles. The van der Waals surface area contributed by atoms with E-state index >= 15 is 0 Å². The van der Waals surface area contributed by atoms with E-state index in [4.69, 9.17) is 0 Å². The molecule has 0 aliphatic rings. The van der Waals surface area contributed by atoms with Gasteiger partial charge in [0.2, 0.25) is 0 Å². The van der Waals surface area contributed by atoms with Crippen LogP contribution in [0.2, 0.25) is 0 Å².